The van der Waals surface area contributed by atoms with Gasteiger partial charge in [-0.1, -0.05) is 30.3 Å². The summed E-state index contributed by atoms with van der Waals surface area (Å²) in [5, 5.41) is 7.21. The van der Waals surface area contributed by atoms with Crippen molar-refractivity contribution < 1.29 is 4.74 Å². The van der Waals surface area contributed by atoms with E-state index < -0.39 is 0 Å². The fourth-order valence-corrected chi connectivity index (χ4v) is 6.05. The summed E-state index contributed by atoms with van der Waals surface area (Å²) in [5.41, 5.74) is 2.66. The Morgan fingerprint density at radius 2 is 1.82 bits per heavy atom. The lowest BCUT2D eigenvalue weighted by Gasteiger charge is -2.41. The smallest absolute Gasteiger partial charge is 0.141 e. The van der Waals surface area contributed by atoms with Crippen molar-refractivity contribution in [2.45, 2.75) is 32.2 Å². The van der Waals surface area contributed by atoms with E-state index >= 15 is 0 Å². The summed E-state index contributed by atoms with van der Waals surface area (Å²) in [6.07, 6.45) is 4.12. The zero-order valence-corrected chi connectivity index (χ0v) is 20.6. The summed E-state index contributed by atoms with van der Waals surface area (Å²) < 4.78 is 5.52. The fourth-order valence-electron chi connectivity index (χ4n) is 5.14. The van der Waals surface area contributed by atoms with Gasteiger partial charge in [0.15, 0.2) is 0 Å². The lowest BCUT2D eigenvalue weighted by atomic mass is 9.95. The van der Waals surface area contributed by atoms with Crippen molar-refractivity contribution in [2.75, 3.05) is 57.4 Å². The molecule has 7 heteroatoms. The first-order chi connectivity index (χ1) is 16.1. The highest BCUT2D eigenvalue weighted by Crippen LogP contribution is 2.38. The molecule has 4 heterocycles. The molecule has 0 aliphatic carbocycles. The number of thiophene rings is 1. The summed E-state index contributed by atoms with van der Waals surface area (Å²) in [7, 11) is 0. The van der Waals surface area contributed by atoms with Crippen LogP contribution in [0.15, 0.2) is 42.0 Å². The van der Waals surface area contributed by atoms with Crippen LogP contribution in [-0.4, -0.2) is 72.9 Å². The Hall–Kier alpha value is -2.06. The number of hydrogen-bond donors (Lipinski definition) is 1. The standard InChI is InChI=1S/C26H35N5OS/c1-26(2,31-12-14-32-15-13-31)18-27-16-20-8-10-30(11-9-20)24-23-22(21-6-4-3-5-7-21)17-33-25(23)29-19-28-24/h3-7,17,19-20,27H,8-16,18H2,1-2H3. The average Bonchev–Trinajstić information content (AvgIpc) is 3.30. The minimum absolute atomic E-state index is 0.170. The van der Waals surface area contributed by atoms with Gasteiger partial charge in [0.1, 0.15) is 17.0 Å². The van der Waals surface area contributed by atoms with Crippen molar-refractivity contribution in [3.63, 3.8) is 0 Å². The number of rotatable bonds is 7. The Morgan fingerprint density at radius 1 is 1.06 bits per heavy atom. The van der Waals surface area contributed by atoms with Crippen LogP contribution >= 0.6 is 11.3 Å². The minimum Gasteiger partial charge on any atom is -0.379 e. The van der Waals surface area contributed by atoms with Crippen molar-refractivity contribution >= 4 is 27.4 Å². The molecule has 0 unspecified atom stereocenters. The third-order valence-electron chi connectivity index (χ3n) is 7.21. The molecule has 2 aliphatic heterocycles. The first-order valence-corrected chi connectivity index (χ1v) is 13.1. The van der Waals surface area contributed by atoms with Gasteiger partial charge in [-0.15, -0.1) is 11.3 Å². The molecule has 2 aliphatic rings. The van der Waals surface area contributed by atoms with Gasteiger partial charge in [0, 0.05) is 49.2 Å². The van der Waals surface area contributed by atoms with Gasteiger partial charge in [0.05, 0.1) is 18.6 Å². The number of ether oxygens (including phenoxy) is 1. The third-order valence-corrected chi connectivity index (χ3v) is 8.09. The number of hydrogen-bond acceptors (Lipinski definition) is 7. The molecule has 2 aromatic heterocycles. The molecule has 1 aromatic carbocycles. The molecular weight excluding hydrogens is 430 g/mol. The number of nitrogens with zero attached hydrogens (tertiary/aromatic N) is 4. The molecule has 0 radical (unpaired) electrons. The summed E-state index contributed by atoms with van der Waals surface area (Å²) in [5.74, 6) is 1.81. The molecule has 0 bridgehead atoms. The first-order valence-electron chi connectivity index (χ1n) is 12.2. The van der Waals surface area contributed by atoms with Crippen molar-refractivity contribution in [2.24, 2.45) is 5.92 Å². The topological polar surface area (TPSA) is 53.5 Å². The van der Waals surface area contributed by atoms with E-state index in [1.54, 1.807) is 17.7 Å². The van der Waals surface area contributed by atoms with Gasteiger partial charge in [0.2, 0.25) is 0 Å². The molecule has 33 heavy (non-hydrogen) atoms. The SMILES string of the molecule is CC(C)(CNCC1CCN(c2ncnc3scc(-c4ccccc4)c23)CC1)N1CCOCC1. The van der Waals surface area contributed by atoms with Crippen LogP contribution < -0.4 is 10.2 Å². The Bertz CT molecular complexity index is 1040. The molecule has 176 valence electrons. The maximum Gasteiger partial charge on any atom is 0.141 e. The van der Waals surface area contributed by atoms with Crippen molar-refractivity contribution in [1.82, 2.24) is 20.2 Å². The molecule has 0 atom stereocenters. The molecule has 2 saturated heterocycles. The monoisotopic (exact) mass is 465 g/mol. The number of anilines is 1. The first kappa shape index (κ1) is 22.7. The lowest BCUT2D eigenvalue weighted by molar-refractivity contribution is -0.00983. The van der Waals surface area contributed by atoms with Crippen LogP contribution in [0.4, 0.5) is 5.82 Å². The molecule has 5 rings (SSSR count). The molecule has 0 amide bonds. The largest absolute Gasteiger partial charge is 0.379 e. The van der Waals surface area contributed by atoms with Gasteiger partial charge in [-0.05, 0) is 44.7 Å². The Morgan fingerprint density at radius 3 is 2.58 bits per heavy atom. The highest BCUT2D eigenvalue weighted by molar-refractivity contribution is 7.17. The average molecular weight is 466 g/mol. The van der Waals surface area contributed by atoms with Crippen molar-refractivity contribution in [3.05, 3.63) is 42.0 Å². The summed E-state index contributed by atoms with van der Waals surface area (Å²) >= 11 is 1.71. The van der Waals surface area contributed by atoms with Crippen molar-refractivity contribution in [3.8, 4) is 11.1 Å². The van der Waals surface area contributed by atoms with Crippen LogP contribution in [0.5, 0.6) is 0 Å². The summed E-state index contributed by atoms with van der Waals surface area (Å²) in [4.78, 5) is 15.4. The van der Waals surface area contributed by atoms with E-state index in [2.05, 4.69) is 69.7 Å². The van der Waals surface area contributed by atoms with Crippen LogP contribution in [-0.2, 0) is 4.74 Å². The van der Waals surface area contributed by atoms with E-state index in [1.807, 2.05) is 0 Å². The number of fused-ring (bicyclic) bond motifs is 1. The number of nitrogens with one attached hydrogen (secondary N) is 1. The van der Waals surface area contributed by atoms with E-state index in [1.165, 1.54) is 29.4 Å². The third kappa shape index (κ3) is 5.06. The maximum atomic E-state index is 5.52. The van der Waals surface area contributed by atoms with E-state index in [0.29, 0.717) is 0 Å². The Balaban J connectivity index is 1.20. The normalized spacial score (nSPS) is 18.8. The van der Waals surface area contributed by atoms with Crippen LogP contribution in [0.25, 0.3) is 21.3 Å². The van der Waals surface area contributed by atoms with Gasteiger partial charge in [-0.25, -0.2) is 9.97 Å². The van der Waals surface area contributed by atoms with Gasteiger partial charge in [-0.3, -0.25) is 4.90 Å². The fraction of sp³-hybridized carbons (Fsp3) is 0.538. The van der Waals surface area contributed by atoms with E-state index in [0.717, 1.165) is 69.0 Å². The quantitative estimate of drug-likeness (QED) is 0.562. The molecule has 3 aromatic rings. The number of piperidine rings is 1. The Kier molecular flexibility index (Phi) is 6.92. The number of benzene rings is 1. The minimum atomic E-state index is 0.170. The molecule has 1 N–H and O–H groups in total. The van der Waals surface area contributed by atoms with Crippen LogP contribution in [0.3, 0.4) is 0 Å². The molecular formula is C26H35N5OS. The lowest BCUT2D eigenvalue weighted by Crippen LogP contribution is -2.55. The van der Waals surface area contributed by atoms with Crippen molar-refractivity contribution in [1.29, 1.82) is 0 Å². The van der Waals surface area contributed by atoms with Gasteiger partial charge < -0.3 is 15.0 Å². The summed E-state index contributed by atoms with van der Waals surface area (Å²) in [6.45, 7) is 12.7. The molecule has 0 spiro atoms. The predicted octanol–water partition coefficient (Wildman–Crippen LogP) is 4.28. The molecule has 6 nitrogen and oxygen atoms in total. The number of morpholine rings is 1. The van der Waals surface area contributed by atoms with E-state index in [9.17, 15) is 0 Å². The zero-order valence-electron chi connectivity index (χ0n) is 19.8. The molecule has 2 fully saturated rings. The van der Waals surface area contributed by atoms with Gasteiger partial charge in [0.25, 0.3) is 0 Å². The van der Waals surface area contributed by atoms with Gasteiger partial charge in [-0.2, -0.15) is 0 Å². The highest BCUT2D eigenvalue weighted by Gasteiger charge is 2.29. The maximum absolute atomic E-state index is 5.52. The highest BCUT2D eigenvalue weighted by atomic mass is 32.1. The van der Waals surface area contributed by atoms with Gasteiger partial charge >= 0.3 is 0 Å². The summed E-state index contributed by atoms with van der Waals surface area (Å²) in [6, 6.07) is 10.6. The Labute approximate surface area is 201 Å². The van der Waals surface area contributed by atoms with E-state index in [4.69, 9.17) is 9.72 Å². The van der Waals surface area contributed by atoms with Crippen LogP contribution in [0.2, 0.25) is 0 Å². The second-order valence-electron chi connectivity index (χ2n) is 9.87. The van der Waals surface area contributed by atoms with Crippen LogP contribution in [0, 0.1) is 5.92 Å². The predicted molar refractivity (Wildman–Crippen MR) is 137 cm³/mol. The second-order valence-corrected chi connectivity index (χ2v) is 10.7. The zero-order chi connectivity index (χ0) is 22.7. The van der Waals surface area contributed by atoms with Crippen LogP contribution in [0.1, 0.15) is 26.7 Å². The second kappa shape index (κ2) is 10.1. The van der Waals surface area contributed by atoms with E-state index in [-0.39, 0.29) is 5.54 Å². The number of aromatic nitrogens is 2. The molecule has 0 saturated carbocycles.